The van der Waals surface area contributed by atoms with E-state index in [2.05, 4.69) is 39.9 Å². The Morgan fingerprint density at radius 1 is 1.43 bits per heavy atom. The molecule has 21 heavy (non-hydrogen) atoms. The van der Waals surface area contributed by atoms with Crippen LogP contribution in [-0.2, 0) is 11.3 Å². The van der Waals surface area contributed by atoms with E-state index in [0.29, 0.717) is 5.92 Å². The third-order valence-electron chi connectivity index (χ3n) is 4.14. The van der Waals surface area contributed by atoms with Gasteiger partial charge in [-0.3, -0.25) is 0 Å². The Labute approximate surface area is 125 Å². The Morgan fingerprint density at radius 3 is 3.14 bits per heavy atom. The van der Waals surface area contributed by atoms with Gasteiger partial charge >= 0.3 is 0 Å². The average molecular weight is 288 g/mol. The highest BCUT2D eigenvalue weighted by atomic mass is 16.5. The number of ether oxygens (including phenoxy) is 1. The number of hydrogen-bond donors (Lipinski definition) is 1. The smallest absolute Gasteiger partial charge is 0.152 e. The third-order valence-corrected chi connectivity index (χ3v) is 4.14. The number of rotatable bonds is 6. The zero-order chi connectivity index (χ0) is 14.7. The zero-order valence-electron chi connectivity index (χ0n) is 12.9. The van der Waals surface area contributed by atoms with Crippen LogP contribution < -0.4 is 10.2 Å². The summed E-state index contributed by atoms with van der Waals surface area (Å²) in [6.45, 7) is 6.89. The number of imidazole rings is 1. The molecule has 0 bridgehead atoms. The van der Waals surface area contributed by atoms with E-state index in [4.69, 9.17) is 9.72 Å². The van der Waals surface area contributed by atoms with Gasteiger partial charge in [0.05, 0.1) is 12.3 Å². The molecule has 1 unspecified atom stereocenters. The van der Waals surface area contributed by atoms with E-state index < -0.39 is 0 Å². The first-order valence-electron chi connectivity index (χ1n) is 7.74. The summed E-state index contributed by atoms with van der Waals surface area (Å²) in [7, 11) is 1.78. The quantitative estimate of drug-likeness (QED) is 0.882. The van der Waals surface area contributed by atoms with Crippen molar-refractivity contribution in [3.8, 4) is 0 Å². The van der Waals surface area contributed by atoms with E-state index in [-0.39, 0.29) is 0 Å². The minimum absolute atomic E-state index is 0.617. The van der Waals surface area contributed by atoms with Crippen molar-refractivity contribution < 1.29 is 4.74 Å². The number of nitrogens with one attached hydrogen (secondary N) is 1. The van der Waals surface area contributed by atoms with Crippen LogP contribution in [0, 0.1) is 5.92 Å². The molecule has 0 amide bonds. The van der Waals surface area contributed by atoms with E-state index in [9.17, 15) is 0 Å². The monoisotopic (exact) mass is 288 g/mol. The molecule has 2 aromatic heterocycles. The van der Waals surface area contributed by atoms with Crippen molar-refractivity contribution in [3.05, 3.63) is 30.1 Å². The third kappa shape index (κ3) is 2.89. The first-order valence-corrected chi connectivity index (χ1v) is 7.74. The standard InChI is InChI=1S/C16H24N4O/c1-3-17-10-14-16(18-15-6-4-5-8-20(14)15)19-9-7-13(11-19)12-21-2/h4-6,8,13,17H,3,7,9-12H2,1-2H3. The van der Waals surface area contributed by atoms with Crippen LogP contribution >= 0.6 is 0 Å². The summed E-state index contributed by atoms with van der Waals surface area (Å²) in [5, 5.41) is 3.43. The van der Waals surface area contributed by atoms with Gasteiger partial charge in [-0.05, 0) is 25.1 Å². The lowest BCUT2D eigenvalue weighted by Crippen LogP contribution is -2.24. The number of aromatic nitrogens is 2. The molecule has 2 aromatic rings. The van der Waals surface area contributed by atoms with E-state index in [0.717, 1.165) is 44.3 Å². The summed E-state index contributed by atoms with van der Waals surface area (Å²) in [5.41, 5.74) is 2.28. The van der Waals surface area contributed by atoms with Gasteiger partial charge in [0.15, 0.2) is 5.82 Å². The lowest BCUT2D eigenvalue weighted by atomic mass is 10.1. The summed E-state index contributed by atoms with van der Waals surface area (Å²) in [6, 6.07) is 6.17. The highest BCUT2D eigenvalue weighted by Crippen LogP contribution is 2.27. The molecule has 1 saturated heterocycles. The van der Waals surface area contributed by atoms with E-state index in [1.54, 1.807) is 7.11 Å². The summed E-state index contributed by atoms with van der Waals surface area (Å²) < 4.78 is 7.50. The molecule has 0 radical (unpaired) electrons. The molecule has 3 rings (SSSR count). The number of hydrogen-bond acceptors (Lipinski definition) is 4. The molecular weight excluding hydrogens is 264 g/mol. The van der Waals surface area contributed by atoms with Crippen molar-refractivity contribution in [1.82, 2.24) is 14.7 Å². The van der Waals surface area contributed by atoms with Crippen LogP contribution in [0.15, 0.2) is 24.4 Å². The normalized spacial score (nSPS) is 18.8. The molecule has 5 heteroatoms. The van der Waals surface area contributed by atoms with Crippen LogP contribution in [0.2, 0.25) is 0 Å². The highest BCUT2D eigenvalue weighted by Gasteiger charge is 2.26. The summed E-state index contributed by atoms with van der Waals surface area (Å²) in [6.07, 6.45) is 3.28. The van der Waals surface area contributed by atoms with E-state index in [1.807, 2.05) is 6.07 Å². The Morgan fingerprint density at radius 2 is 2.33 bits per heavy atom. The molecule has 114 valence electrons. The first kappa shape index (κ1) is 14.4. The first-order chi connectivity index (χ1) is 10.3. The molecule has 0 aliphatic carbocycles. The van der Waals surface area contributed by atoms with Crippen molar-refractivity contribution >= 4 is 11.5 Å². The van der Waals surface area contributed by atoms with Crippen molar-refractivity contribution in [2.75, 3.05) is 38.3 Å². The van der Waals surface area contributed by atoms with Gasteiger partial charge < -0.3 is 19.4 Å². The Kier molecular flexibility index (Phi) is 4.41. The summed E-state index contributed by atoms with van der Waals surface area (Å²) in [4.78, 5) is 7.26. The van der Waals surface area contributed by atoms with E-state index in [1.165, 1.54) is 12.1 Å². The molecule has 1 aliphatic heterocycles. The van der Waals surface area contributed by atoms with Gasteiger partial charge in [-0.2, -0.15) is 0 Å². The molecule has 1 N–H and O–H groups in total. The van der Waals surface area contributed by atoms with Gasteiger partial charge in [0.1, 0.15) is 5.65 Å². The lowest BCUT2D eigenvalue weighted by molar-refractivity contribution is 0.161. The van der Waals surface area contributed by atoms with Crippen molar-refractivity contribution in [3.63, 3.8) is 0 Å². The van der Waals surface area contributed by atoms with Crippen molar-refractivity contribution in [2.24, 2.45) is 5.92 Å². The molecule has 3 heterocycles. The minimum Gasteiger partial charge on any atom is -0.384 e. The molecule has 5 nitrogen and oxygen atoms in total. The van der Waals surface area contributed by atoms with Gasteiger partial charge in [-0.15, -0.1) is 0 Å². The molecule has 0 aromatic carbocycles. The number of fused-ring (bicyclic) bond motifs is 1. The Balaban J connectivity index is 1.90. The Bertz CT molecular complexity index is 595. The maximum atomic E-state index is 5.30. The van der Waals surface area contributed by atoms with Crippen LogP contribution in [0.5, 0.6) is 0 Å². The van der Waals surface area contributed by atoms with Crippen LogP contribution in [-0.4, -0.2) is 42.7 Å². The van der Waals surface area contributed by atoms with Gasteiger partial charge in [0, 0.05) is 38.9 Å². The van der Waals surface area contributed by atoms with E-state index >= 15 is 0 Å². The van der Waals surface area contributed by atoms with Crippen molar-refractivity contribution in [2.45, 2.75) is 19.9 Å². The lowest BCUT2D eigenvalue weighted by Gasteiger charge is -2.18. The van der Waals surface area contributed by atoms with Crippen LogP contribution in [0.25, 0.3) is 5.65 Å². The van der Waals surface area contributed by atoms with Gasteiger partial charge in [0.25, 0.3) is 0 Å². The molecule has 0 saturated carbocycles. The second-order valence-electron chi connectivity index (χ2n) is 5.65. The number of nitrogens with zero attached hydrogens (tertiary/aromatic N) is 3. The molecule has 1 atom stereocenters. The maximum absolute atomic E-state index is 5.30. The second-order valence-corrected chi connectivity index (χ2v) is 5.65. The topological polar surface area (TPSA) is 41.8 Å². The van der Waals surface area contributed by atoms with Gasteiger partial charge in [0.2, 0.25) is 0 Å². The highest BCUT2D eigenvalue weighted by molar-refractivity contribution is 5.56. The summed E-state index contributed by atoms with van der Waals surface area (Å²) in [5.74, 6) is 1.74. The van der Waals surface area contributed by atoms with Crippen molar-refractivity contribution in [1.29, 1.82) is 0 Å². The fraction of sp³-hybridized carbons (Fsp3) is 0.562. The van der Waals surface area contributed by atoms with Gasteiger partial charge in [-0.25, -0.2) is 4.98 Å². The van der Waals surface area contributed by atoms with Crippen LogP contribution in [0.3, 0.4) is 0 Å². The fourth-order valence-corrected chi connectivity index (χ4v) is 3.09. The largest absolute Gasteiger partial charge is 0.384 e. The molecule has 0 spiro atoms. The predicted molar refractivity (Wildman–Crippen MR) is 84.8 cm³/mol. The molecule has 1 fully saturated rings. The number of methoxy groups -OCH3 is 1. The zero-order valence-corrected chi connectivity index (χ0v) is 12.9. The summed E-state index contributed by atoms with van der Waals surface area (Å²) >= 11 is 0. The SMILES string of the molecule is CCNCc1c(N2CCC(COC)C2)nc2ccccn12. The second kappa shape index (κ2) is 6.45. The van der Waals surface area contributed by atoms with Gasteiger partial charge in [-0.1, -0.05) is 13.0 Å². The van der Waals surface area contributed by atoms with Crippen LogP contribution in [0.4, 0.5) is 5.82 Å². The average Bonchev–Trinajstić information content (AvgIpc) is 3.09. The number of pyridine rings is 1. The predicted octanol–water partition coefficient (Wildman–Crippen LogP) is 1.92. The fourth-order valence-electron chi connectivity index (χ4n) is 3.09. The maximum Gasteiger partial charge on any atom is 0.152 e. The number of anilines is 1. The minimum atomic E-state index is 0.617. The van der Waals surface area contributed by atoms with Crippen LogP contribution in [0.1, 0.15) is 19.0 Å². The Hall–Kier alpha value is -1.59. The molecule has 1 aliphatic rings. The molecular formula is C16H24N4O.